The molecule has 0 atom stereocenters. The van der Waals surface area contributed by atoms with Gasteiger partial charge in [0.15, 0.2) is 5.17 Å². The maximum absolute atomic E-state index is 12.7. The first-order valence-corrected chi connectivity index (χ1v) is 10.4. The summed E-state index contributed by atoms with van der Waals surface area (Å²) in [5.41, 5.74) is 2.20. The van der Waals surface area contributed by atoms with Crippen LogP contribution in [0.1, 0.15) is 18.1 Å². The molecule has 2 aromatic rings. The van der Waals surface area contributed by atoms with Crippen molar-refractivity contribution in [2.24, 2.45) is 4.99 Å². The van der Waals surface area contributed by atoms with Gasteiger partial charge >= 0.3 is 0 Å². The van der Waals surface area contributed by atoms with E-state index in [0.717, 1.165) is 26.7 Å². The molecule has 0 spiro atoms. The Morgan fingerprint density at radius 3 is 2.54 bits per heavy atom. The molecule has 0 saturated carbocycles. The summed E-state index contributed by atoms with van der Waals surface area (Å²) in [6.45, 7) is 3.94. The average molecular weight is 433 g/mol. The lowest BCUT2D eigenvalue weighted by Crippen LogP contribution is -2.34. The van der Waals surface area contributed by atoms with E-state index in [4.69, 9.17) is 4.74 Å². The van der Waals surface area contributed by atoms with Gasteiger partial charge in [0.1, 0.15) is 5.75 Å². The van der Waals surface area contributed by atoms with Crippen LogP contribution in [0.5, 0.6) is 5.75 Å². The highest BCUT2D eigenvalue weighted by Crippen LogP contribution is 2.22. The van der Waals surface area contributed by atoms with E-state index in [-0.39, 0.29) is 5.91 Å². The fourth-order valence-electron chi connectivity index (χ4n) is 2.65. The van der Waals surface area contributed by atoms with E-state index in [0.29, 0.717) is 26.1 Å². The van der Waals surface area contributed by atoms with Crippen molar-refractivity contribution < 1.29 is 9.53 Å². The molecule has 4 nitrogen and oxygen atoms in total. The van der Waals surface area contributed by atoms with Crippen molar-refractivity contribution in [2.75, 3.05) is 19.7 Å². The number of carbonyl (C=O) groups excluding carboxylic acids is 1. The lowest BCUT2D eigenvalue weighted by Gasteiger charge is -2.18. The standard InChI is InChI=1S/C20H21BrN2O2S/c1-2-25-18-9-5-15(6-10-18)13-19(24)23-12-11-22-20(23)26-14-16-3-7-17(21)8-4-16/h3-10H,2,11-14H2,1H3. The van der Waals surface area contributed by atoms with Crippen LogP contribution in [-0.4, -0.2) is 35.7 Å². The van der Waals surface area contributed by atoms with Gasteiger partial charge in [0.25, 0.3) is 0 Å². The number of halogens is 1. The smallest absolute Gasteiger partial charge is 0.233 e. The molecule has 0 N–H and O–H groups in total. The Labute approximate surface area is 166 Å². The Bertz CT molecular complexity index is 775. The molecule has 1 heterocycles. The van der Waals surface area contributed by atoms with E-state index in [1.807, 2.05) is 43.3 Å². The molecule has 3 rings (SSSR count). The van der Waals surface area contributed by atoms with Crippen LogP contribution in [0.2, 0.25) is 0 Å². The van der Waals surface area contributed by atoms with Crippen molar-refractivity contribution in [3.8, 4) is 5.75 Å². The van der Waals surface area contributed by atoms with Crippen LogP contribution in [0.15, 0.2) is 58.0 Å². The van der Waals surface area contributed by atoms with Gasteiger partial charge in [-0.25, -0.2) is 0 Å². The minimum Gasteiger partial charge on any atom is -0.494 e. The minimum atomic E-state index is 0.0914. The molecule has 1 amide bonds. The predicted octanol–water partition coefficient (Wildman–Crippen LogP) is 4.52. The second kappa shape index (κ2) is 9.24. The number of hydrogen-bond donors (Lipinski definition) is 0. The second-order valence-corrected chi connectivity index (χ2v) is 7.74. The van der Waals surface area contributed by atoms with Crippen molar-refractivity contribution >= 4 is 38.8 Å². The van der Waals surface area contributed by atoms with Gasteiger partial charge in [-0.2, -0.15) is 0 Å². The highest BCUT2D eigenvalue weighted by Gasteiger charge is 2.24. The number of aliphatic imine (C=N–C) groups is 1. The molecule has 0 saturated heterocycles. The van der Waals surface area contributed by atoms with Crippen molar-refractivity contribution in [1.82, 2.24) is 4.90 Å². The van der Waals surface area contributed by atoms with Crippen LogP contribution in [0.3, 0.4) is 0 Å². The van der Waals surface area contributed by atoms with Gasteiger partial charge in [0.2, 0.25) is 5.91 Å². The first-order chi connectivity index (χ1) is 12.7. The zero-order valence-electron chi connectivity index (χ0n) is 14.7. The summed E-state index contributed by atoms with van der Waals surface area (Å²) >= 11 is 5.06. The maximum Gasteiger partial charge on any atom is 0.233 e. The Balaban J connectivity index is 1.56. The van der Waals surface area contributed by atoms with E-state index in [2.05, 4.69) is 33.1 Å². The molecule has 26 heavy (non-hydrogen) atoms. The van der Waals surface area contributed by atoms with E-state index >= 15 is 0 Å². The maximum atomic E-state index is 12.7. The fraction of sp³-hybridized carbons (Fsp3) is 0.300. The number of carbonyl (C=O) groups is 1. The van der Waals surface area contributed by atoms with Crippen LogP contribution in [0, 0.1) is 0 Å². The molecule has 6 heteroatoms. The summed E-state index contributed by atoms with van der Waals surface area (Å²) in [4.78, 5) is 19.0. The molecule has 0 aromatic heterocycles. The van der Waals surface area contributed by atoms with Gasteiger partial charge in [0, 0.05) is 16.8 Å². The number of hydrogen-bond acceptors (Lipinski definition) is 4. The zero-order valence-corrected chi connectivity index (χ0v) is 17.1. The van der Waals surface area contributed by atoms with Crippen LogP contribution in [0.4, 0.5) is 0 Å². The summed E-state index contributed by atoms with van der Waals surface area (Å²) in [5.74, 6) is 1.73. The van der Waals surface area contributed by atoms with Gasteiger partial charge in [-0.3, -0.25) is 14.7 Å². The van der Waals surface area contributed by atoms with Gasteiger partial charge in [-0.05, 0) is 42.3 Å². The lowest BCUT2D eigenvalue weighted by atomic mass is 10.1. The van der Waals surface area contributed by atoms with Gasteiger partial charge in [-0.15, -0.1) is 0 Å². The normalized spacial score (nSPS) is 13.6. The van der Waals surface area contributed by atoms with Crippen LogP contribution < -0.4 is 4.74 Å². The SMILES string of the molecule is CCOc1ccc(CC(=O)N2CCN=C2SCc2ccc(Br)cc2)cc1. The molecule has 1 aliphatic rings. The lowest BCUT2D eigenvalue weighted by molar-refractivity contribution is -0.126. The van der Waals surface area contributed by atoms with Crippen LogP contribution in [-0.2, 0) is 17.0 Å². The second-order valence-electron chi connectivity index (χ2n) is 5.88. The third kappa shape index (κ3) is 5.11. The number of ether oxygens (including phenoxy) is 1. The zero-order chi connectivity index (χ0) is 18.4. The Kier molecular flexibility index (Phi) is 6.74. The van der Waals surface area contributed by atoms with E-state index in [1.165, 1.54) is 5.56 Å². The summed E-state index contributed by atoms with van der Waals surface area (Å²) in [5, 5.41) is 0.823. The average Bonchev–Trinajstić information content (AvgIpc) is 3.12. The van der Waals surface area contributed by atoms with Crippen molar-refractivity contribution in [3.63, 3.8) is 0 Å². The number of rotatable bonds is 6. The minimum absolute atomic E-state index is 0.0914. The number of nitrogens with zero attached hydrogens (tertiary/aromatic N) is 2. The van der Waals surface area contributed by atoms with Crippen molar-refractivity contribution in [2.45, 2.75) is 19.1 Å². The molecule has 1 aliphatic heterocycles. The van der Waals surface area contributed by atoms with Gasteiger partial charge in [-0.1, -0.05) is 52.0 Å². The Morgan fingerprint density at radius 1 is 1.15 bits per heavy atom. The van der Waals surface area contributed by atoms with Crippen molar-refractivity contribution in [1.29, 1.82) is 0 Å². The highest BCUT2D eigenvalue weighted by atomic mass is 79.9. The number of thioether (sulfide) groups is 1. The first-order valence-electron chi connectivity index (χ1n) is 8.59. The third-order valence-corrected chi connectivity index (χ3v) is 5.59. The van der Waals surface area contributed by atoms with E-state index in [9.17, 15) is 4.79 Å². The quantitative estimate of drug-likeness (QED) is 0.673. The summed E-state index contributed by atoms with van der Waals surface area (Å²) in [6, 6.07) is 15.9. The van der Waals surface area contributed by atoms with Crippen LogP contribution >= 0.6 is 27.7 Å². The predicted molar refractivity (Wildman–Crippen MR) is 111 cm³/mol. The molecule has 0 bridgehead atoms. The summed E-state index contributed by atoms with van der Waals surface area (Å²) in [7, 11) is 0. The molecule has 136 valence electrons. The monoisotopic (exact) mass is 432 g/mol. The molecule has 0 aliphatic carbocycles. The van der Waals surface area contributed by atoms with Crippen molar-refractivity contribution in [3.05, 3.63) is 64.1 Å². The van der Waals surface area contributed by atoms with E-state index < -0.39 is 0 Å². The number of benzene rings is 2. The molecule has 0 unspecified atom stereocenters. The Hall–Kier alpha value is -1.79. The Morgan fingerprint density at radius 2 is 1.85 bits per heavy atom. The summed E-state index contributed by atoms with van der Waals surface area (Å²) < 4.78 is 6.51. The van der Waals surface area contributed by atoms with Gasteiger partial charge in [0.05, 0.1) is 19.6 Å². The van der Waals surface area contributed by atoms with Gasteiger partial charge < -0.3 is 4.74 Å². The number of amidine groups is 1. The molecular formula is C20H21BrN2O2S. The van der Waals surface area contributed by atoms with Crippen LogP contribution in [0.25, 0.3) is 0 Å². The fourth-order valence-corrected chi connectivity index (χ4v) is 3.93. The summed E-state index contributed by atoms with van der Waals surface area (Å²) in [6.07, 6.45) is 0.379. The molecule has 0 fully saturated rings. The molecule has 2 aromatic carbocycles. The first kappa shape index (κ1) is 19.0. The topological polar surface area (TPSA) is 41.9 Å². The largest absolute Gasteiger partial charge is 0.494 e. The van der Waals surface area contributed by atoms with E-state index in [1.54, 1.807) is 16.7 Å². The molecular weight excluding hydrogens is 412 g/mol. The highest BCUT2D eigenvalue weighted by molar-refractivity contribution is 9.10. The molecule has 0 radical (unpaired) electrons. The third-order valence-electron chi connectivity index (χ3n) is 3.97. The number of amides is 1.